The number of aromatic amines is 1. The molecule has 0 bridgehead atoms. The number of H-pyrrole nitrogens is 1. The molecule has 1 aliphatic rings. The molecule has 0 aliphatic carbocycles. The number of aliphatic carboxylic acids is 1. The number of carboxylic acid groups (broad SMARTS) is 1. The maximum absolute atomic E-state index is 11.4. The first-order valence-electron chi connectivity index (χ1n) is 6.46. The van der Waals surface area contributed by atoms with Crippen LogP contribution in [0.4, 0.5) is 0 Å². The van der Waals surface area contributed by atoms with Crippen LogP contribution in [0.3, 0.4) is 0 Å². The smallest absolute Gasteiger partial charge is 0.321 e. The third kappa shape index (κ3) is 2.29. The number of aryl methyl sites for hydroxylation is 1. The van der Waals surface area contributed by atoms with Crippen LogP contribution in [-0.4, -0.2) is 42.1 Å². The van der Waals surface area contributed by atoms with Crippen molar-refractivity contribution >= 4 is 5.97 Å². The third-order valence-electron chi connectivity index (χ3n) is 3.44. The second-order valence-electron chi connectivity index (χ2n) is 4.75. The number of aromatic nitrogens is 4. The summed E-state index contributed by atoms with van der Waals surface area (Å²) in [6, 6.07) is -0.616. The number of fused-ring (bicyclic) bond motifs is 1. The van der Waals surface area contributed by atoms with Crippen LogP contribution < -0.4 is 0 Å². The van der Waals surface area contributed by atoms with E-state index in [4.69, 9.17) is 4.52 Å². The zero-order valence-corrected chi connectivity index (χ0v) is 11.0. The molecule has 0 fully saturated rings. The Morgan fingerprint density at radius 1 is 1.65 bits per heavy atom. The van der Waals surface area contributed by atoms with Crippen molar-refractivity contribution in [3.05, 3.63) is 29.4 Å². The van der Waals surface area contributed by atoms with Crippen LogP contribution in [0, 0.1) is 0 Å². The average molecular weight is 277 g/mol. The lowest BCUT2D eigenvalue weighted by atomic mass is 10.0. The average Bonchev–Trinajstić information content (AvgIpc) is 3.05. The second-order valence-corrected chi connectivity index (χ2v) is 4.75. The van der Waals surface area contributed by atoms with E-state index >= 15 is 0 Å². The number of nitrogens with one attached hydrogen (secondary N) is 1. The molecular formula is C12H15N5O3. The van der Waals surface area contributed by atoms with Gasteiger partial charge in [0.2, 0.25) is 5.89 Å². The molecule has 8 heteroatoms. The molecule has 0 unspecified atom stereocenters. The van der Waals surface area contributed by atoms with Gasteiger partial charge in [0.05, 0.1) is 24.3 Å². The van der Waals surface area contributed by atoms with Crippen LogP contribution in [0.15, 0.2) is 10.9 Å². The van der Waals surface area contributed by atoms with Crippen molar-refractivity contribution < 1.29 is 14.4 Å². The highest BCUT2D eigenvalue weighted by Gasteiger charge is 2.33. The summed E-state index contributed by atoms with van der Waals surface area (Å²) < 4.78 is 5.05. The van der Waals surface area contributed by atoms with Gasteiger partial charge >= 0.3 is 5.97 Å². The van der Waals surface area contributed by atoms with Gasteiger partial charge in [-0.25, -0.2) is 4.98 Å². The summed E-state index contributed by atoms with van der Waals surface area (Å²) in [6.07, 6.45) is 2.64. The van der Waals surface area contributed by atoms with Crippen molar-refractivity contribution in [2.45, 2.75) is 38.9 Å². The fraction of sp³-hybridized carbons (Fsp3) is 0.500. The molecule has 0 aromatic carbocycles. The van der Waals surface area contributed by atoms with E-state index in [-0.39, 0.29) is 0 Å². The van der Waals surface area contributed by atoms with Crippen LogP contribution in [0.5, 0.6) is 0 Å². The Balaban J connectivity index is 1.81. The number of carbonyl (C=O) groups is 1. The molecule has 106 valence electrons. The molecule has 20 heavy (non-hydrogen) atoms. The molecule has 1 atom stereocenters. The molecule has 8 nitrogen and oxygen atoms in total. The van der Waals surface area contributed by atoms with Gasteiger partial charge in [0.1, 0.15) is 6.04 Å². The van der Waals surface area contributed by atoms with Gasteiger partial charge in [-0.05, 0) is 0 Å². The number of nitrogens with zero attached hydrogens (tertiary/aromatic N) is 4. The van der Waals surface area contributed by atoms with Crippen molar-refractivity contribution in [3.8, 4) is 0 Å². The molecular weight excluding hydrogens is 262 g/mol. The summed E-state index contributed by atoms with van der Waals surface area (Å²) in [5.74, 6) is 0.208. The van der Waals surface area contributed by atoms with Gasteiger partial charge in [0, 0.05) is 19.4 Å². The van der Waals surface area contributed by atoms with E-state index < -0.39 is 12.0 Å². The predicted octanol–water partition coefficient (Wildman–Crippen LogP) is 0.367. The summed E-state index contributed by atoms with van der Waals surface area (Å²) in [5, 5.41) is 13.2. The molecule has 0 amide bonds. The Hall–Kier alpha value is -2.22. The zero-order valence-electron chi connectivity index (χ0n) is 11.0. The highest BCUT2D eigenvalue weighted by molar-refractivity contribution is 5.74. The highest BCUT2D eigenvalue weighted by Crippen LogP contribution is 2.22. The van der Waals surface area contributed by atoms with E-state index in [2.05, 4.69) is 20.1 Å². The fourth-order valence-electron chi connectivity index (χ4n) is 2.38. The van der Waals surface area contributed by atoms with Crippen LogP contribution in [0.25, 0.3) is 0 Å². The van der Waals surface area contributed by atoms with E-state index in [0.29, 0.717) is 37.6 Å². The molecule has 3 heterocycles. The highest BCUT2D eigenvalue weighted by atomic mass is 16.5. The zero-order chi connectivity index (χ0) is 14.1. The van der Waals surface area contributed by atoms with Gasteiger partial charge in [-0.15, -0.1) is 0 Å². The minimum atomic E-state index is -0.863. The first-order valence-corrected chi connectivity index (χ1v) is 6.46. The van der Waals surface area contributed by atoms with Gasteiger partial charge in [-0.2, -0.15) is 4.98 Å². The summed E-state index contributed by atoms with van der Waals surface area (Å²) in [6.45, 7) is 2.76. The minimum absolute atomic E-state index is 0.346. The van der Waals surface area contributed by atoms with Gasteiger partial charge in [-0.1, -0.05) is 12.1 Å². The summed E-state index contributed by atoms with van der Waals surface area (Å²) in [5.41, 5.74) is 1.76. The molecule has 1 aliphatic heterocycles. The predicted molar refractivity (Wildman–Crippen MR) is 66.6 cm³/mol. The number of hydrogen-bond donors (Lipinski definition) is 2. The lowest BCUT2D eigenvalue weighted by molar-refractivity contribution is -0.144. The number of hydrogen-bond acceptors (Lipinski definition) is 6. The summed E-state index contributed by atoms with van der Waals surface area (Å²) in [7, 11) is 0. The lowest BCUT2D eigenvalue weighted by Gasteiger charge is -2.31. The number of imidazole rings is 1. The third-order valence-corrected chi connectivity index (χ3v) is 3.44. The standard InChI is InChI=1S/C12H15N5O3/c1-2-11-15-10(16-20-11)5-17-4-8-7(13-6-14-8)3-9(17)12(18)19/h6,9H,2-5H2,1H3,(H,13,14)(H,18,19)/t9-/m0/s1. The van der Waals surface area contributed by atoms with Gasteiger partial charge in [0.25, 0.3) is 0 Å². The van der Waals surface area contributed by atoms with Gasteiger partial charge in [0.15, 0.2) is 5.82 Å². The lowest BCUT2D eigenvalue weighted by Crippen LogP contribution is -2.45. The number of rotatable bonds is 4. The molecule has 2 N–H and O–H groups in total. The van der Waals surface area contributed by atoms with E-state index in [0.717, 1.165) is 11.4 Å². The maximum atomic E-state index is 11.4. The molecule has 3 rings (SSSR count). The van der Waals surface area contributed by atoms with Gasteiger partial charge < -0.3 is 14.6 Å². The Labute approximate surface area is 114 Å². The molecule has 0 saturated heterocycles. The fourth-order valence-corrected chi connectivity index (χ4v) is 2.38. The number of carboxylic acids is 1. The van der Waals surface area contributed by atoms with Crippen molar-refractivity contribution in [3.63, 3.8) is 0 Å². The molecule has 2 aromatic heterocycles. The normalized spacial score (nSPS) is 18.9. The Bertz CT molecular complexity index is 620. The monoisotopic (exact) mass is 277 g/mol. The Morgan fingerprint density at radius 3 is 3.20 bits per heavy atom. The summed E-state index contributed by atoms with van der Waals surface area (Å²) in [4.78, 5) is 24.6. The topological polar surface area (TPSA) is 108 Å². The van der Waals surface area contributed by atoms with Crippen molar-refractivity contribution in [2.75, 3.05) is 0 Å². The van der Waals surface area contributed by atoms with E-state index in [1.165, 1.54) is 0 Å². The largest absolute Gasteiger partial charge is 0.480 e. The van der Waals surface area contributed by atoms with Crippen LogP contribution in [0.1, 0.15) is 30.0 Å². The first kappa shape index (κ1) is 12.8. The van der Waals surface area contributed by atoms with Crippen molar-refractivity contribution in [1.29, 1.82) is 0 Å². The summed E-state index contributed by atoms with van der Waals surface area (Å²) >= 11 is 0. The Morgan fingerprint density at radius 2 is 2.50 bits per heavy atom. The van der Waals surface area contributed by atoms with Crippen LogP contribution >= 0.6 is 0 Å². The van der Waals surface area contributed by atoms with Crippen molar-refractivity contribution in [2.24, 2.45) is 0 Å². The molecule has 0 spiro atoms. The first-order chi connectivity index (χ1) is 9.67. The van der Waals surface area contributed by atoms with E-state index in [1.807, 2.05) is 11.8 Å². The SMILES string of the molecule is CCc1nc(CN2Cc3[nH]cnc3C[C@H]2C(=O)O)no1. The Kier molecular flexibility index (Phi) is 3.23. The molecule has 2 aromatic rings. The molecule has 0 radical (unpaired) electrons. The quantitative estimate of drug-likeness (QED) is 0.830. The van der Waals surface area contributed by atoms with Crippen molar-refractivity contribution in [1.82, 2.24) is 25.0 Å². The molecule has 0 saturated carbocycles. The minimum Gasteiger partial charge on any atom is -0.480 e. The van der Waals surface area contributed by atoms with Crippen LogP contribution in [-0.2, 0) is 30.7 Å². The van der Waals surface area contributed by atoms with Crippen LogP contribution in [0.2, 0.25) is 0 Å². The van der Waals surface area contributed by atoms with E-state index in [9.17, 15) is 9.90 Å². The maximum Gasteiger partial charge on any atom is 0.321 e. The van der Waals surface area contributed by atoms with E-state index in [1.54, 1.807) is 6.33 Å². The van der Waals surface area contributed by atoms with Gasteiger partial charge in [-0.3, -0.25) is 9.69 Å². The second kappa shape index (κ2) is 5.04.